The van der Waals surface area contributed by atoms with Crippen LogP contribution in [0.15, 0.2) is 5.11 Å². The van der Waals surface area contributed by atoms with Crippen LogP contribution in [-0.4, -0.2) is 6.54 Å². The minimum atomic E-state index is 0.550. The second-order valence-electron chi connectivity index (χ2n) is 3.41. The van der Waals surface area contributed by atoms with Crippen LogP contribution >= 0.6 is 0 Å². The van der Waals surface area contributed by atoms with Crippen LogP contribution in [0.4, 0.5) is 0 Å². The molecule has 0 spiro atoms. The Balaban J connectivity index is 2.26. The number of azide groups is 1. The van der Waals surface area contributed by atoms with Gasteiger partial charge in [0.05, 0.1) is 0 Å². The third kappa shape index (κ3) is 1.87. The Kier molecular flexibility index (Phi) is 2.77. The first-order valence-corrected chi connectivity index (χ1v) is 4.34. The van der Waals surface area contributed by atoms with Gasteiger partial charge in [0.15, 0.2) is 0 Å². The minimum Gasteiger partial charge on any atom is -0.0940 e. The molecule has 0 aromatic carbocycles. The van der Waals surface area contributed by atoms with E-state index in [9.17, 15) is 0 Å². The van der Waals surface area contributed by atoms with E-state index in [2.05, 4.69) is 16.9 Å². The van der Waals surface area contributed by atoms with E-state index in [0.29, 0.717) is 12.0 Å². The van der Waals surface area contributed by atoms with E-state index in [1.165, 1.54) is 25.7 Å². The molecule has 0 bridgehead atoms. The van der Waals surface area contributed by atoms with Crippen LogP contribution in [0.25, 0.3) is 10.4 Å². The molecule has 0 saturated heterocycles. The second kappa shape index (κ2) is 3.63. The second-order valence-corrected chi connectivity index (χ2v) is 3.41. The highest BCUT2D eigenvalue weighted by Gasteiger charge is 2.33. The van der Waals surface area contributed by atoms with Gasteiger partial charge in [-0.25, -0.2) is 0 Å². The lowest BCUT2D eigenvalue weighted by molar-refractivity contribution is 0.117. The van der Waals surface area contributed by atoms with Crippen molar-refractivity contribution in [2.24, 2.45) is 10.5 Å². The Morgan fingerprint density at radius 1 is 1.55 bits per heavy atom. The van der Waals surface area contributed by atoms with Crippen molar-refractivity contribution >= 4 is 0 Å². The minimum absolute atomic E-state index is 0.550. The Bertz CT molecular complexity index is 161. The van der Waals surface area contributed by atoms with Crippen molar-refractivity contribution in [3.05, 3.63) is 10.4 Å². The monoisotopic (exact) mass is 153 g/mol. The molecule has 0 aliphatic heterocycles. The molecule has 3 nitrogen and oxygen atoms in total. The van der Waals surface area contributed by atoms with Crippen molar-refractivity contribution < 1.29 is 0 Å². The Labute approximate surface area is 67.4 Å². The lowest BCUT2D eigenvalue weighted by atomic mass is 9.65. The smallest absolute Gasteiger partial charge is 0.0263 e. The summed E-state index contributed by atoms with van der Waals surface area (Å²) in [5.41, 5.74) is 8.63. The fourth-order valence-electron chi connectivity index (χ4n) is 1.79. The van der Waals surface area contributed by atoms with E-state index in [0.717, 1.165) is 6.42 Å². The van der Waals surface area contributed by atoms with Gasteiger partial charge in [0.1, 0.15) is 0 Å². The zero-order valence-corrected chi connectivity index (χ0v) is 7.08. The summed E-state index contributed by atoms with van der Waals surface area (Å²) in [5.74, 6) is 0. The Morgan fingerprint density at radius 2 is 2.27 bits per heavy atom. The van der Waals surface area contributed by atoms with Crippen molar-refractivity contribution in [1.29, 1.82) is 0 Å². The normalized spacial score (nSPS) is 20.1. The molecule has 0 amide bonds. The van der Waals surface area contributed by atoms with Gasteiger partial charge in [0.25, 0.3) is 0 Å². The van der Waals surface area contributed by atoms with Crippen LogP contribution in [0, 0.1) is 5.41 Å². The molecule has 0 aromatic rings. The zero-order chi connectivity index (χ0) is 8.16. The molecule has 1 aliphatic rings. The average molecular weight is 153 g/mol. The molecule has 62 valence electrons. The van der Waals surface area contributed by atoms with E-state index < -0.39 is 0 Å². The topological polar surface area (TPSA) is 48.8 Å². The van der Waals surface area contributed by atoms with Crippen molar-refractivity contribution in [3.8, 4) is 0 Å². The molecule has 0 radical (unpaired) electrons. The summed E-state index contributed by atoms with van der Waals surface area (Å²) < 4.78 is 0. The van der Waals surface area contributed by atoms with Crippen LogP contribution in [0.1, 0.15) is 39.0 Å². The first-order chi connectivity index (χ1) is 5.33. The number of nitrogens with zero attached hydrogens (tertiary/aromatic N) is 3. The highest BCUT2D eigenvalue weighted by molar-refractivity contribution is 4.86. The van der Waals surface area contributed by atoms with Crippen molar-refractivity contribution in [3.63, 3.8) is 0 Å². The lowest BCUT2D eigenvalue weighted by Gasteiger charge is -2.41. The summed E-state index contributed by atoms with van der Waals surface area (Å²) in [6, 6.07) is 0. The Morgan fingerprint density at radius 3 is 2.64 bits per heavy atom. The van der Waals surface area contributed by atoms with Gasteiger partial charge in [-0.3, -0.25) is 0 Å². The van der Waals surface area contributed by atoms with E-state index in [-0.39, 0.29) is 0 Å². The lowest BCUT2D eigenvalue weighted by Crippen LogP contribution is -2.29. The van der Waals surface area contributed by atoms with Gasteiger partial charge < -0.3 is 0 Å². The van der Waals surface area contributed by atoms with Gasteiger partial charge in [-0.05, 0) is 30.2 Å². The molecule has 3 heteroatoms. The van der Waals surface area contributed by atoms with E-state index >= 15 is 0 Å². The van der Waals surface area contributed by atoms with Gasteiger partial charge in [0.2, 0.25) is 0 Å². The summed E-state index contributed by atoms with van der Waals surface area (Å²) in [6.07, 6.45) is 6.38. The van der Waals surface area contributed by atoms with E-state index in [1.54, 1.807) is 0 Å². The molecule has 0 aromatic heterocycles. The average Bonchev–Trinajstić information content (AvgIpc) is 1.95. The van der Waals surface area contributed by atoms with Gasteiger partial charge in [0, 0.05) is 11.5 Å². The third-order valence-electron chi connectivity index (χ3n) is 2.97. The summed E-state index contributed by atoms with van der Waals surface area (Å²) in [7, 11) is 0. The molecule has 1 rings (SSSR count). The molecule has 0 unspecified atom stereocenters. The molecule has 0 atom stereocenters. The fraction of sp³-hybridized carbons (Fsp3) is 1.00. The zero-order valence-electron chi connectivity index (χ0n) is 7.08. The Hall–Kier alpha value is -0.690. The number of hydrogen-bond acceptors (Lipinski definition) is 1. The molecular formula is C8H15N3. The molecule has 1 fully saturated rings. The maximum atomic E-state index is 8.08. The van der Waals surface area contributed by atoms with E-state index in [4.69, 9.17) is 5.53 Å². The van der Waals surface area contributed by atoms with Crippen LogP contribution in [0.3, 0.4) is 0 Å². The van der Waals surface area contributed by atoms with Crippen LogP contribution in [0.2, 0.25) is 0 Å². The number of rotatable bonds is 4. The summed E-state index contributed by atoms with van der Waals surface area (Å²) in [5, 5.41) is 3.57. The van der Waals surface area contributed by atoms with Gasteiger partial charge in [-0.2, -0.15) is 0 Å². The predicted molar refractivity (Wildman–Crippen MR) is 45.2 cm³/mol. The van der Waals surface area contributed by atoms with Crippen LogP contribution < -0.4 is 0 Å². The SMILES string of the molecule is CCC1(CCN=[N+]=[N-])CCC1. The van der Waals surface area contributed by atoms with E-state index in [1.807, 2.05) is 0 Å². The molecule has 1 aliphatic carbocycles. The predicted octanol–water partition coefficient (Wildman–Crippen LogP) is 3.27. The van der Waals surface area contributed by atoms with Crippen molar-refractivity contribution in [2.45, 2.75) is 39.0 Å². The van der Waals surface area contributed by atoms with Crippen molar-refractivity contribution in [1.82, 2.24) is 0 Å². The number of hydrogen-bond donors (Lipinski definition) is 0. The first kappa shape index (κ1) is 8.41. The van der Waals surface area contributed by atoms with Crippen LogP contribution in [0.5, 0.6) is 0 Å². The standard InChI is InChI=1S/C8H15N3/c1-2-8(4-3-5-8)6-7-10-11-9/h2-7H2,1H3. The maximum absolute atomic E-state index is 8.08. The quantitative estimate of drug-likeness (QED) is 0.338. The molecule has 1 saturated carbocycles. The highest BCUT2D eigenvalue weighted by atomic mass is 15.1. The van der Waals surface area contributed by atoms with Crippen molar-refractivity contribution in [2.75, 3.05) is 6.54 Å². The fourth-order valence-corrected chi connectivity index (χ4v) is 1.79. The summed E-state index contributed by atoms with van der Waals surface area (Å²) >= 11 is 0. The summed E-state index contributed by atoms with van der Waals surface area (Å²) in [4.78, 5) is 2.76. The molecule has 0 N–H and O–H groups in total. The maximum Gasteiger partial charge on any atom is 0.0263 e. The highest BCUT2D eigenvalue weighted by Crippen LogP contribution is 2.46. The third-order valence-corrected chi connectivity index (χ3v) is 2.97. The largest absolute Gasteiger partial charge is 0.0940 e. The molecule has 0 heterocycles. The van der Waals surface area contributed by atoms with Crippen LogP contribution in [-0.2, 0) is 0 Å². The van der Waals surface area contributed by atoms with Gasteiger partial charge in [-0.1, -0.05) is 24.9 Å². The van der Waals surface area contributed by atoms with Gasteiger partial charge in [-0.15, -0.1) is 0 Å². The molecular weight excluding hydrogens is 138 g/mol. The van der Waals surface area contributed by atoms with Gasteiger partial charge >= 0.3 is 0 Å². The molecule has 11 heavy (non-hydrogen) atoms. The first-order valence-electron chi connectivity index (χ1n) is 4.34. The summed E-state index contributed by atoms with van der Waals surface area (Å²) in [6.45, 7) is 2.92.